The zero-order chi connectivity index (χ0) is 28.4. The van der Waals surface area contributed by atoms with E-state index in [9.17, 15) is 4.79 Å². The summed E-state index contributed by atoms with van der Waals surface area (Å²) in [6, 6.07) is 15.9. The second kappa shape index (κ2) is 10.9. The van der Waals surface area contributed by atoms with Crippen molar-refractivity contribution in [2.24, 2.45) is 7.05 Å². The summed E-state index contributed by atoms with van der Waals surface area (Å²) in [6.45, 7) is 5.74. The summed E-state index contributed by atoms with van der Waals surface area (Å²) in [7, 11) is 4.89. The number of aromatic nitrogens is 6. The van der Waals surface area contributed by atoms with E-state index in [0.29, 0.717) is 51.8 Å². The Morgan fingerprint density at radius 1 is 0.900 bits per heavy atom. The third kappa shape index (κ3) is 5.35. The third-order valence-electron chi connectivity index (χ3n) is 6.43. The van der Waals surface area contributed by atoms with Gasteiger partial charge >= 0.3 is 0 Å². The van der Waals surface area contributed by atoms with Gasteiger partial charge in [0.1, 0.15) is 40.9 Å². The fourth-order valence-electron chi connectivity index (χ4n) is 4.18. The minimum atomic E-state index is -0.307. The lowest BCUT2D eigenvalue weighted by atomic mass is 10.1. The van der Waals surface area contributed by atoms with Gasteiger partial charge < -0.3 is 19.5 Å². The number of nitrogens with one attached hydrogen (secondary N) is 1. The quantitative estimate of drug-likeness (QED) is 0.291. The molecular formula is C29H29N7O4. The van der Waals surface area contributed by atoms with Gasteiger partial charge in [-0.2, -0.15) is 10.1 Å². The van der Waals surface area contributed by atoms with Crippen LogP contribution in [0.1, 0.15) is 27.7 Å². The number of benzene rings is 2. The van der Waals surface area contributed by atoms with E-state index in [1.807, 2.05) is 31.4 Å². The van der Waals surface area contributed by atoms with Gasteiger partial charge in [0.25, 0.3) is 5.91 Å². The highest BCUT2D eigenvalue weighted by molar-refractivity contribution is 6.03. The first kappa shape index (κ1) is 26.4. The van der Waals surface area contributed by atoms with Crippen LogP contribution in [0, 0.1) is 20.8 Å². The smallest absolute Gasteiger partial charge is 0.273 e. The van der Waals surface area contributed by atoms with Crippen molar-refractivity contribution >= 4 is 11.6 Å². The van der Waals surface area contributed by atoms with Gasteiger partial charge in [-0.05, 0) is 69.3 Å². The van der Waals surface area contributed by atoms with Gasteiger partial charge in [0.2, 0.25) is 5.88 Å². The molecule has 1 amide bonds. The van der Waals surface area contributed by atoms with E-state index in [-0.39, 0.29) is 5.91 Å². The lowest BCUT2D eigenvalue weighted by molar-refractivity contribution is 0.101. The van der Waals surface area contributed by atoms with Gasteiger partial charge in [0.15, 0.2) is 0 Å². The Balaban J connectivity index is 1.31. The van der Waals surface area contributed by atoms with Crippen molar-refractivity contribution < 1.29 is 19.0 Å². The summed E-state index contributed by atoms with van der Waals surface area (Å²) in [4.78, 5) is 26.3. The molecule has 5 rings (SSSR count). The van der Waals surface area contributed by atoms with Crippen LogP contribution in [0.4, 0.5) is 5.69 Å². The molecule has 0 saturated carbocycles. The molecule has 204 valence electrons. The molecule has 0 bridgehead atoms. The summed E-state index contributed by atoms with van der Waals surface area (Å²) < 4.78 is 20.2. The number of carbonyl (C=O) groups is 1. The van der Waals surface area contributed by atoms with Gasteiger partial charge in [-0.3, -0.25) is 14.0 Å². The average molecular weight is 540 g/mol. The van der Waals surface area contributed by atoms with E-state index in [1.54, 1.807) is 76.1 Å². The molecule has 11 heteroatoms. The Labute approximate surface area is 231 Å². The number of imidazole rings is 1. The molecule has 0 saturated heterocycles. The van der Waals surface area contributed by atoms with Gasteiger partial charge in [-0.15, -0.1) is 0 Å². The molecule has 0 unspecified atom stereocenters. The van der Waals surface area contributed by atoms with Crippen molar-refractivity contribution in [3.05, 3.63) is 83.8 Å². The molecule has 0 atom stereocenters. The number of hydrogen-bond donors (Lipinski definition) is 1. The molecule has 0 aliphatic heterocycles. The van der Waals surface area contributed by atoms with Crippen molar-refractivity contribution in [2.45, 2.75) is 20.8 Å². The summed E-state index contributed by atoms with van der Waals surface area (Å²) in [5, 5.41) is 7.42. The van der Waals surface area contributed by atoms with Crippen molar-refractivity contribution in [1.29, 1.82) is 0 Å². The molecule has 1 N–H and O–H groups in total. The average Bonchev–Trinajstić information content (AvgIpc) is 3.50. The van der Waals surface area contributed by atoms with Crippen LogP contribution < -0.4 is 19.5 Å². The minimum Gasteiger partial charge on any atom is -0.497 e. The number of anilines is 1. The molecule has 5 aromatic rings. The van der Waals surface area contributed by atoms with Crippen LogP contribution in [0.5, 0.6) is 23.1 Å². The second-order valence-corrected chi connectivity index (χ2v) is 9.08. The number of rotatable bonds is 8. The maximum atomic E-state index is 13.1. The molecule has 0 aliphatic rings. The highest BCUT2D eigenvalue weighted by Crippen LogP contribution is 2.33. The van der Waals surface area contributed by atoms with E-state index < -0.39 is 0 Å². The van der Waals surface area contributed by atoms with E-state index in [2.05, 4.69) is 25.4 Å². The van der Waals surface area contributed by atoms with Crippen LogP contribution in [0.25, 0.3) is 17.1 Å². The summed E-state index contributed by atoms with van der Waals surface area (Å²) >= 11 is 0. The fourth-order valence-corrected chi connectivity index (χ4v) is 4.18. The Kier molecular flexibility index (Phi) is 7.19. The highest BCUT2D eigenvalue weighted by Gasteiger charge is 2.18. The van der Waals surface area contributed by atoms with Crippen molar-refractivity contribution in [2.75, 3.05) is 19.5 Å². The second-order valence-electron chi connectivity index (χ2n) is 9.08. The molecule has 0 aliphatic carbocycles. The van der Waals surface area contributed by atoms with Crippen molar-refractivity contribution in [3.8, 4) is 40.2 Å². The maximum absolute atomic E-state index is 13.1. The lowest BCUT2D eigenvalue weighted by Gasteiger charge is -2.10. The number of nitrogens with zero attached hydrogens (tertiary/aromatic N) is 6. The number of hydrogen-bond acceptors (Lipinski definition) is 8. The molecule has 40 heavy (non-hydrogen) atoms. The molecular weight excluding hydrogens is 510 g/mol. The molecule has 0 spiro atoms. The SMILES string of the molecule is COc1ccc(OC)c(-c2cc(C(=O)Nc3ccc(Oc4cc(-n5cnc(C)c5C)nc(C)n4)cc3)n(C)n2)c1. The number of methoxy groups -OCH3 is 2. The molecule has 11 nitrogen and oxygen atoms in total. The number of ether oxygens (including phenoxy) is 3. The Hall–Kier alpha value is -5.19. The summed E-state index contributed by atoms with van der Waals surface area (Å²) in [6.07, 6.45) is 1.73. The predicted octanol–water partition coefficient (Wildman–Crippen LogP) is 5.05. The normalized spacial score (nSPS) is 10.8. The van der Waals surface area contributed by atoms with Gasteiger partial charge in [0.05, 0.1) is 25.6 Å². The van der Waals surface area contributed by atoms with Crippen LogP contribution >= 0.6 is 0 Å². The standard InChI is InChI=1S/C29H29N7O4/c1-17-18(2)36(16-30-17)27-15-28(32-19(3)31-27)40-21-9-7-20(8-10-21)33-29(37)25-14-24(34-35(25)4)23-13-22(38-5)11-12-26(23)39-6/h7-16H,1-6H3,(H,33,37). The third-order valence-corrected chi connectivity index (χ3v) is 6.43. The first-order valence-corrected chi connectivity index (χ1v) is 12.5. The van der Waals surface area contributed by atoms with Gasteiger partial charge in [0, 0.05) is 30.1 Å². The predicted molar refractivity (Wildman–Crippen MR) is 150 cm³/mol. The zero-order valence-electron chi connectivity index (χ0n) is 23.1. The van der Waals surface area contributed by atoms with Gasteiger partial charge in [-0.25, -0.2) is 9.97 Å². The first-order chi connectivity index (χ1) is 19.2. The van der Waals surface area contributed by atoms with Crippen LogP contribution in [-0.2, 0) is 7.05 Å². The summed E-state index contributed by atoms with van der Waals surface area (Å²) in [5.74, 6) is 3.20. The molecule has 0 radical (unpaired) electrons. The number of amides is 1. The van der Waals surface area contributed by atoms with Crippen LogP contribution in [0.15, 0.2) is 60.9 Å². The molecule has 0 fully saturated rings. The topological polar surface area (TPSA) is 118 Å². The summed E-state index contributed by atoms with van der Waals surface area (Å²) in [5.41, 5.74) is 4.22. The minimum absolute atomic E-state index is 0.307. The largest absolute Gasteiger partial charge is 0.497 e. The van der Waals surface area contributed by atoms with E-state index >= 15 is 0 Å². The number of carbonyl (C=O) groups excluding carboxylic acids is 1. The van der Waals surface area contributed by atoms with Crippen molar-refractivity contribution in [3.63, 3.8) is 0 Å². The highest BCUT2D eigenvalue weighted by atomic mass is 16.5. The zero-order valence-corrected chi connectivity index (χ0v) is 23.1. The molecule has 3 heterocycles. The van der Waals surface area contributed by atoms with Gasteiger partial charge in [-0.1, -0.05) is 0 Å². The fraction of sp³-hybridized carbons (Fsp3) is 0.207. The monoisotopic (exact) mass is 539 g/mol. The lowest BCUT2D eigenvalue weighted by Crippen LogP contribution is -2.15. The van der Waals surface area contributed by atoms with E-state index in [4.69, 9.17) is 14.2 Å². The maximum Gasteiger partial charge on any atom is 0.273 e. The molecule has 2 aromatic carbocycles. The first-order valence-electron chi connectivity index (χ1n) is 12.5. The Morgan fingerprint density at radius 2 is 1.65 bits per heavy atom. The van der Waals surface area contributed by atoms with E-state index in [1.165, 1.54) is 4.68 Å². The number of aryl methyl sites for hydroxylation is 3. The van der Waals surface area contributed by atoms with Crippen LogP contribution in [0.2, 0.25) is 0 Å². The van der Waals surface area contributed by atoms with E-state index in [0.717, 1.165) is 17.0 Å². The van der Waals surface area contributed by atoms with Crippen LogP contribution in [0.3, 0.4) is 0 Å². The molecule has 3 aromatic heterocycles. The van der Waals surface area contributed by atoms with Crippen LogP contribution in [-0.4, -0.2) is 49.4 Å². The van der Waals surface area contributed by atoms with Crippen molar-refractivity contribution in [1.82, 2.24) is 29.3 Å². The Bertz CT molecular complexity index is 1690. The Morgan fingerprint density at radius 3 is 2.33 bits per heavy atom.